The van der Waals surface area contributed by atoms with Gasteiger partial charge < -0.3 is 19.2 Å². The Balaban J connectivity index is 1.41. The molecule has 1 aliphatic rings. The first-order chi connectivity index (χ1) is 12.3. The lowest BCUT2D eigenvalue weighted by atomic mass is 10.3. The highest BCUT2D eigenvalue weighted by atomic mass is 16.5. The summed E-state index contributed by atoms with van der Waals surface area (Å²) in [6.45, 7) is 1.97. The molecule has 0 aliphatic carbocycles. The quantitative estimate of drug-likeness (QED) is 0.763. The Labute approximate surface area is 143 Å². The lowest BCUT2D eigenvalue weighted by Gasteiger charge is -2.14. The molecule has 4 heterocycles. The van der Waals surface area contributed by atoms with Crippen LogP contribution in [0.15, 0.2) is 45.8 Å². The Morgan fingerprint density at radius 1 is 1.24 bits per heavy atom. The van der Waals surface area contributed by atoms with Crippen LogP contribution in [0.2, 0.25) is 0 Å². The summed E-state index contributed by atoms with van der Waals surface area (Å²) in [5, 5.41) is 7.09. The molecule has 1 fully saturated rings. The van der Waals surface area contributed by atoms with Crippen molar-refractivity contribution in [3.63, 3.8) is 0 Å². The van der Waals surface area contributed by atoms with Gasteiger partial charge in [-0.15, -0.1) is 0 Å². The molecule has 8 heteroatoms. The van der Waals surface area contributed by atoms with Crippen LogP contribution in [0.4, 0.5) is 5.82 Å². The number of carbonyl (C=O) groups excluding carboxylic acids is 1. The van der Waals surface area contributed by atoms with Gasteiger partial charge >= 0.3 is 0 Å². The van der Waals surface area contributed by atoms with Crippen LogP contribution < -0.4 is 5.32 Å². The molecule has 3 aromatic heterocycles. The number of furan rings is 1. The highest BCUT2D eigenvalue weighted by Crippen LogP contribution is 2.21. The summed E-state index contributed by atoms with van der Waals surface area (Å²) in [7, 11) is 0. The summed E-state index contributed by atoms with van der Waals surface area (Å²) in [6.07, 6.45) is 6.74. The molecule has 0 radical (unpaired) electrons. The van der Waals surface area contributed by atoms with Crippen LogP contribution in [0.3, 0.4) is 0 Å². The molecule has 0 atom stereocenters. The molecule has 0 spiro atoms. The number of likely N-dealkylation sites (tertiary alicyclic amines) is 1. The van der Waals surface area contributed by atoms with Gasteiger partial charge in [-0.2, -0.15) is 0 Å². The van der Waals surface area contributed by atoms with Crippen molar-refractivity contribution in [3.8, 4) is 11.5 Å². The van der Waals surface area contributed by atoms with Gasteiger partial charge in [0.15, 0.2) is 5.76 Å². The molecule has 0 saturated carbocycles. The average Bonchev–Trinajstić information content (AvgIpc) is 3.41. The zero-order valence-electron chi connectivity index (χ0n) is 13.5. The number of amides is 1. The van der Waals surface area contributed by atoms with Gasteiger partial charge in [0.05, 0.1) is 25.2 Å². The maximum absolute atomic E-state index is 12.4. The lowest BCUT2D eigenvalue weighted by molar-refractivity contribution is 0.0786. The summed E-state index contributed by atoms with van der Waals surface area (Å²) >= 11 is 0. The third-order valence-electron chi connectivity index (χ3n) is 4.02. The molecule has 3 aromatic rings. The fourth-order valence-electron chi connectivity index (χ4n) is 2.75. The number of rotatable bonds is 5. The van der Waals surface area contributed by atoms with E-state index in [0.717, 1.165) is 25.9 Å². The topological polar surface area (TPSA) is 97.3 Å². The van der Waals surface area contributed by atoms with Crippen LogP contribution in [0.1, 0.15) is 29.0 Å². The lowest BCUT2D eigenvalue weighted by Crippen LogP contribution is -2.28. The second-order valence-corrected chi connectivity index (χ2v) is 5.80. The van der Waals surface area contributed by atoms with E-state index in [0.29, 0.717) is 35.3 Å². The first kappa shape index (κ1) is 15.4. The van der Waals surface area contributed by atoms with Crippen LogP contribution in [0.5, 0.6) is 0 Å². The van der Waals surface area contributed by atoms with E-state index >= 15 is 0 Å². The van der Waals surface area contributed by atoms with E-state index in [1.165, 1.54) is 6.20 Å². The van der Waals surface area contributed by atoms with E-state index in [1.807, 2.05) is 0 Å². The van der Waals surface area contributed by atoms with E-state index in [1.54, 1.807) is 35.6 Å². The number of carbonyl (C=O) groups is 1. The maximum atomic E-state index is 12.4. The van der Waals surface area contributed by atoms with Crippen LogP contribution in [0, 0.1) is 0 Å². The van der Waals surface area contributed by atoms with Crippen molar-refractivity contribution in [2.45, 2.75) is 19.4 Å². The minimum absolute atomic E-state index is 0.0739. The molecule has 0 unspecified atom stereocenters. The standard InChI is InChI=1S/C17H17N5O3/c23-17(22-5-1-2-6-22)13-10-18-11-16(20-13)19-9-12-8-15(25-21-12)14-4-3-7-24-14/h3-4,7-8,10-11H,1-2,5-6,9H2,(H,19,20). The molecular formula is C17H17N5O3. The Morgan fingerprint density at radius 2 is 2.12 bits per heavy atom. The molecule has 1 aliphatic heterocycles. The highest BCUT2D eigenvalue weighted by molar-refractivity contribution is 5.92. The number of nitrogens with one attached hydrogen (secondary N) is 1. The van der Waals surface area contributed by atoms with Gasteiger partial charge in [0, 0.05) is 19.2 Å². The highest BCUT2D eigenvalue weighted by Gasteiger charge is 2.21. The summed E-state index contributed by atoms with van der Waals surface area (Å²) in [5.74, 6) is 1.63. The Bertz CT molecular complexity index is 853. The zero-order valence-corrected chi connectivity index (χ0v) is 13.5. The van der Waals surface area contributed by atoms with Crippen molar-refractivity contribution in [2.24, 2.45) is 0 Å². The Kier molecular flexibility index (Phi) is 4.16. The van der Waals surface area contributed by atoms with Crippen LogP contribution in [0.25, 0.3) is 11.5 Å². The molecule has 128 valence electrons. The number of nitrogens with zero attached hydrogens (tertiary/aromatic N) is 4. The van der Waals surface area contributed by atoms with Gasteiger partial charge in [0.25, 0.3) is 5.91 Å². The first-order valence-corrected chi connectivity index (χ1v) is 8.14. The first-order valence-electron chi connectivity index (χ1n) is 8.14. The summed E-state index contributed by atoms with van der Waals surface area (Å²) in [4.78, 5) is 22.6. The average molecular weight is 339 g/mol. The van der Waals surface area contributed by atoms with Gasteiger partial charge in [-0.3, -0.25) is 9.78 Å². The van der Waals surface area contributed by atoms with E-state index in [-0.39, 0.29) is 5.91 Å². The third kappa shape index (κ3) is 3.37. The Hall–Kier alpha value is -3.16. The molecular weight excluding hydrogens is 322 g/mol. The van der Waals surface area contributed by atoms with Crippen molar-refractivity contribution in [3.05, 3.63) is 48.2 Å². The summed E-state index contributed by atoms with van der Waals surface area (Å²) in [6, 6.07) is 5.38. The van der Waals surface area contributed by atoms with Crippen molar-refractivity contribution in [2.75, 3.05) is 18.4 Å². The number of hydrogen-bond donors (Lipinski definition) is 1. The third-order valence-corrected chi connectivity index (χ3v) is 4.02. The second kappa shape index (κ2) is 6.76. The van der Waals surface area contributed by atoms with Crippen LogP contribution in [-0.2, 0) is 6.54 Å². The minimum atomic E-state index is -0.0739. The van der Waals surface area contributed by atoms with Crippen molar-refractivity contribution < 1.29 is 13.7 Å². The Morgan fingerprint density at radius 3 is 2.92 bits per heavy atom. The van der Waals surface area contributed by atoms with Crippen LogP contribution >= 0.6 is 0 Å². The monoisotopic (exact) mass is 339 g/mol. The summed E-state index contributed by atoms with van der Waals surface area (Å²) in [5.41, 5.74) is 1.05. The molecule has 8 nitrogen and oxygen atoms in total. The van der Waals surface area contributed by atoms with E-state index in [9.17, 15) is 4.79 Å². The van der Waals surface area contributed by atoms with Crippen molar-refractivity contribution in [1.29, 1.82) is 0 Å². The van der Waals surface area contributed by atoms with Gasteiger partial charge in [-0.05, 0) is 25.0 Å². The fourth-order valence-corrected chi connectivity index (χ4v) is 2.75. The minimum Gasteiger partial charge on any atom is -0.461 e. The van der Waals surface area contributed by atoms with Gasteiger partial charge in [0.1, 0.15) is 17.2 Å². The summed E-state index contributed by atoms with van der Waals surface area (Å²) < 4.78 is 10.5. The van der Waals surface area contributed by atoms with E-state index in [4.69, 9.17) is 8.94 Å². The molecule has 4 rings (SSSR count). The molecule has 1 amide bonds. The molecule has 0 aromatic carbocycles. The molecule has 1 saturated heterocycles. The maximum Gasteiger partial charge on any atom is 0.274 e. The fraction of sp³-hybridized carbons (Fsp3) is 0.294. The number of anilines is 1. The predicted octanol–water partition coefficient (Wildman–Crippen LogP) is 2.57. The molecule has 25 heavy (non-hydrogen) atoms. The molecule has 0 bridgehead atoms. The number of hydrogen-bond acceptors (Lipinski definition) is 7. The normalized spacial score (nSPS) is 14.0. The van der Waals surface area contributed by atoms with E-state index < -0.39 is 0 Å². The van der Waals surface area contributed by atoms with Gasteiger partial charge in [-0.25, -0.2) is 4.98 Å². The van der Waals surface area contributed by atoms with Crippen molar-refractivity contribution in [1.82, 2.24) is 20.0 Å². The zero-order chi connectivity index (χ0) is 17.1. The van der Waals surface area contributed by atoms with Gasteiger partial charge in [0.2, 0.25) is 5.76 Å². The smallest absolute Gasteiger partial charge is 0.274 e. The van der Waals surface area contributed by atoms with Crippen molar-refractivity contribution >= 4 is 11.7 Å². The van der Waals surface area contributed by atoms with E-state index in [2.05, 4.69) is 20.4 Å². The van der Waals surface area contributed by atoms with Crippen LogP contribution in [-0.4, -0.2) is 39.0 Å². The van der Waals surface area contributed by atoms with Gasteiger partial charge in [-0.1, -0.05) is 5.16 Å². The SMILES string of the molecule is O=C(c1cncc(NCc2cc(-c3ccco3)on2)n1)N1CCCC1. The number of aromatic nitrogens is 3. The largest absolute Gasteiger partial charge is 0.461 e. The second-order valence-electron chi connectivity index (χ2n) is 5.80. The predicted molar refractivity (Wildman–Crippen MR) is 88.7 cm³/mol. The molecule has 1 N–H and O–H groups in total.